The van der Waals surface area contributed by atoms with E-state index in [0.717, 1.165) is 6.20 Å². The molecule has 2 aromatic heterocycles. The number of fused-ring (bicyclic) bond motifs is 1. The third kappa shape index (κ3) is 4.71. The molecule has 0 aliphatic carbocycles. The topological polar surface area (TPSA) is 116 Å². The summed E-state index contributed by atoms with van der Waals surface area (Å²) in [6, 6.07) is 5.66. The van der Waals surface area contributed by atoms with E-state index in [1.165, 1.54) is 6.07 Å². The molecule has 0 bridgehead atoms. The van der Waals surface area contributed by atoms with Gasteiger partial charge >= 0.3 is 5.97 Å². The molecule has 4 heterocycles. The lowest BCUT2D eigenvalue weighted by atomic mass is 10.1. The van der Waals surface area contributed by atoms with Gasteiger partial charge in [0.15, 0.2) is 11.9 Å². The van der Waals surface area contributed by atoms with Gasteiger partial charge in [-0.15, -0.1) is 0 Å². The van der Waals surface area contributed by atoms with Crippen molar-refractivity contribution in [2.75, 3.05) is 40.2 Å². The van der Waals surface area contributed by atoms with E-state index in [2.05, 4.69) is 25.6 Å². The fraction of sp³-hybridized carbons (Fsp3) is 0.360. The molecule has 3 N–H and O–H groups in total. The Morgan fingerprint density at radius 1 is 1.22 bits per heavy atom. The lowest BCUT2D eigenvalue weighted by molar-refractivity contribution is -0.141. The van der Waals surface area contributed by atoms with E-state index in [-0.39, 0.29) is 36.0 Å². The summed E-state index contributed by atoms with van der Waals surface area (Å²) in [5.74, 6) is -1.69. The van der Waals surface area contributed by atoms with Crippen molar-refractivity contribution in [3.63, 3.8) is 0 Å². The van der Waals surface area contributed by atoms with Crippen LogP contribution in [0.3, 0.4) is 0 Å². The second kappa shape index (κ2) is 9.77. The van der Waals surface area contributed by atoms with Gasteiger partial charge < -0.3 is 30.3 Å². The number of nitrogens with zero attached hydrogens (tertiary/aromatic N) is 5. The zero-order valence-corrected chi connectivity index (χ0v) is 20.6. The predicted octanol–water partition coefficient (Wildman–Crippen LogP) is 3.84. The Hall–Kier alpha value is -4.06. The highest BCUT2D eigenvalue weighted by Gasteiger charge is 2.31. The highest BCUT2D eigenvalue weighted by atomic mass is 19.1. The van der Waals surface area contributed by atoms with Gasteiger partial charge in [0.1, 0.15) is 17.3 Å². The largest absolute Gasteiger partial charge is 0.480 e. The van der Waals surface area contributed by atoms with E-state index in [4.69, 9.17) is 4.74 Å². The number of carboxylic acids is 1. The molecular formula is C25H27F2N7O3. The highest BCUT2D eigenvalue weighted by Crippen LogP contribution is 2.41. The number of rotatable bonds is 6. The number of carbonyl (C=O) groups is 1. The molecule has 194 valence electrons. The Balaban J connectivity index is 1.40. The van der Waals surface area contributed by atoms with E-state index in [0.29, 0.717) is 36.0 Å². The molecule has 0 radical (unpaired) electrons. The van der Waals surface area contributed by atoms with Crippen LogP contribution in [-0.2, 0) is 9.53 Å². The number of nitrogens with one attached hydrogen (secondary N) is 2. The number of pyridine rings is 1. The summed E-state index contributed by atoms with van der Waals surface area (Å²) < 4.78 is 35.0. The van der Waals surface area contributed by atoms with Crippen LogP contribution in [0, 0.1) is 11.6 Å². The summed E-state index contributed by atoms with van der Waals surface area (Å²) in [5.41, 5.74) is 1.90. The van der Waals surface area contributed by atoms with Gasteiger partial charge in [-0.1, -0.05) is 0 Å². The number of ether oxygens (including phenoxy) is 1. The maximum atomic E-state index is 15.0. The monoisotopic (exact) mass is 511 g/mol. The smallest absolute Gasteiger partial charge is 0.328 e. The lowest BCUT2D eigenvalue weighted by Gasteiger charge is -2.34. The van der Waals surface area contributed by atoms with Crippen molar-refractivity contribution in [2.45, 2.75) is 39.0 Å². The van der Waals surface area contributed by atoms with Crippen LogP contribution in [0.5, 0.6) is 0 Å². The second-order valence-electron chi connectivity index (χ2n) is 9.21. The predicted molar refractivity (Wildman–Crippen MR) is 135 cm³/mol. The normalized spacial score (nSPS) is 19.1. The first-order chi connectivity index (χ1) is 17.7. The summed E-state index contributed by atoms with van der Waals surface area (Å²) in [4.78, 5) is 27.9. The third-order valence-corrected chi connectivity index (χ3v) is 6.42. The molecule has 2 atom stereocenters. The molecule has 1 unspecified atom stereocenters. The SMILES string of the molecule is CC(C)N1c2cc(-c3nc(Nc4ccc(N5CCOC[C@@H]5C(=O)O)cn4)ncc3F)cc(F)c2NC1C. The molecule has 1 saturated heterocycles. The molecule has 3 aromatic rings. The van der Waals surface area contributed by atoms with Crippen LogP contribution in [0.2, 0.25) is 0 Å². The van der Waals surface area contributed by atoms with E-state index in [1.54, 1.807) is 29.3 Å². The summed E-state index contributed by atoms with van der Waals surface area (Å²) >= 11 is 0. The van der Waals surface area contributed by atoms with E-state index < -0.39 is 23.6 Å². The van der Waals surface area contributed by atoms with Gasteiger partial charge in [-0.2, -0.15) is 0 Å². The molecule has 37 heavy (non-hydrogen) atoms. The van der Waals surface area contributed by atoms with Crippen molar-refractivity contribution < 1.29 is 23.4 Å². The van der Waals surface area contributed by atoms with Gasteiger partial charge in [0.2, 0.25) is 5.95 Å². The van der Waals surface area contributed by atoms with E-state index in [1.807, 2.05) is 25.7 Å². The molecular weight excluding hydrogens is 484 g/mol. The Morgan fingerprint density at radius 3 is 2.73 bits per heavy atom. The average Bonchev–Trinajstić information content (AvgIpc) is 3.22. The second-order valence-corrected chi connectivity index (χ2v) is 9.21. The number of aliphatic carboxylic acids is 1. The first kappa shape index (κ1) is 24.6. The summed E-state index contributed by atoms with van der Waals surface area (Å²) in [7, 11) is 0. The molecule has 5 rings (SSSR count). The lowest BCUT2D eigenvalue weighted by Crippen LogP contribution is -2.50. The van der Waals surface area contributed by atoms with Gasteiger partial charge in [-0.05, 0) is 45.0 Å². The average molecular weight is 512 g/mol. The Labute approximate surface area is 212 Å². The molecule has 1 aromatic carbocycles. The molecule has 1 fully saturated rings. The molecule has 2 aliphatic rings. The number of benzene rings is 1. The minimum atomic E-state index is -0.973. The van der Waals surface area contributed by atoms with Crippen LogP contribution < -0.4 is 20.4 Å². The van der Waals surface area contributed by atoms with Crippen LogP contribution >= 0.6 is 0 Å². The molecule has 2 aliphatic heterocycles. The molecule has 0 amide bonds. The van der Waals surface area contributed by atoms with Crippen molar-refractivity contribution >= 4 is 34.8 Å². The zero-order chi connectivity index (χ0) is 26.3. The fourth-order valence-corrected chi connectivity index (χ4v) is 4.78. The van der Waals surface area contributed by atoms with Gasteiger partial charge in [-0.25, -0.2) is 28.5 Å². The molecule has 12 heteroatoms. The summed E-state index contributed by atoms with van der Waals surface area (Å²) in [5, 5.41) is 15.5. The highest BCUT2D eigenvalue weighted by molar-refractivity contribution is 5.82. The van der Waals surface area contributed by atoms with Crippen molar-refractivity contribution in [2.24, 2.45) is 0 Å². The summed E-state index contributed by atoms with van der Waals surface area (Å²) in [6.45, 7) is 6.88. The number of halogens is 2. The van der Waals surface area contributed by atoms with Gasteiger partial charge in [0.25, 0.3) is 0 Å². The van der Waals surface area contributed by atoms with Crippen LogP contribution in [0.4, 0.5) is 37.6 Å². The standard InChI is InChI=1S/C25H27F2N7O3/c1-13(2)34-14(3)30-23-17(26)8-15(9-19(23)34)22-18(27)11-29-25(32-22)31-21-5-4-16(10-28-21)33-6-7-37-12-20(33)24(35)36/h4-5,8-11,13-14,20,30H,6-7,12H2,1-3H3,(H,35,36)(H,28,29,31,32)/t14?,20-/m1/s1. The molecule has 0 saturated carbocycles. The number of aromatic nitrogens is 3. The number of morpholine rings is 1. The number of anilines is 5. The number of hydrogen-bond acceptors (Lipinski definition) is 9. The quantitative estimate of drug-likeness (QED) is 0.451. The van der Waals surface area contributed by atoms with Crippen LogP contribution in [0.15, 0.2) is 36.7 Å². The Bertz CT molecular complexity index is 1320. The number of hydrogen-bond donors (Lipinski definition) is 3. The zero-order valence-electron chi connectivity index (χ0n) is 20.6. The molecule has 0 spiro atoms. The Morgan fingerprint density at radius 2 is 2.03 bits per heavy atom. The van der Waals surface area contributed by atoms with Crippen molar-refractivity contribution in [1.29, 1.82) is 0 Å². The van der Waals surface area contributed by atoms with Crippen LogP contribution in [0.1, 0.15) is 20.8 Å². The van der Waals surface area contributed by atoms with E-state index >= 15 is 0 Å². The van der Waals surface area contributed by atoms with Gasteiger partial charge in [-0.3, -0.25) is 0 Å². The Kier molecular flexibility index (Phi) is 6.50. The van der Waals surface area contributed by atoms with Crippen molar-refractivity contribution in [1.82, 2.24) is 15.0 Å². The number of carboxylic acid groups (broad SMARTS) is 1. The minimum Gasteiger partial charge on any atom is -0.480 e. The summed E-state index contributed by atoms with van der Waals surface area (Å²) in [6.07, 6.45) is 2.46. The molecule has 10 nitrogen and oxygen atoms in total. The maximum Gasteiger partial charge on any atom is 0.328 e. The third-order valence-electron chi connectivity index (χ3n) is 6.42. The van der Waals surface area contributed by atoms with Crippen LogP contribution in [0.25, 0.3) is 11.3 Å². The van der Waals surface area contributed by atoms with E-state index in [9.17, 15) is 18.7 Å². The van der Waals surface area contributed by atoms with Gasteiger partial charge in [0, 0.05) is 18.2 Å². The van der Waals surface area contributed by atoms with Crippen molar-refractivity contribution in [3.8, 4) is 11.3 Å². The first-order valence-corrected chi connectivity index (χ1v) is 11.9. The van der Waals surface area contributed by atoms with Gasteiger partial charge in [0.05, 0.1) is 48.8 Å². The fourth-order valence-electron chi connectivity index (χ4n) is 4.78. The minimum absolute atomic E-state index is 0.0447. The van der Waals surface area contributed by atoms with Crippen LogP contribution in [-0.4, -0.2) is 64.0 Å². The first-order valence-electron chi connectivity index (χ1n) is 11.9. The maximum absolute atomic E-state index is 15.0. The van der Waals surface area contributed by atoms with Crippen molar-refractivity contribution in [3.05, 3.63) is 48.3 Å².